The maximum Gasteiger partial charge on any atom is 0.262 e. The van der Waals surface area contributed by atoms with Gasteiger partial charge in [0.25, 0.3) is 21.5 Å². The third kappa shape index (κ3) is 6.73. The minimum absolute atomic E-state index is 0.0340. The fourth-order valence-corrected chi connectivity index (χ4v) is 4.47. The number of carbonyl (C=O) groups excluding carboxylic acids is 1. The molecule has 0 saturated carbocycles. The van der Waals surface area contributed by atoms with Gasteiger partial charge < -0.3 is 19.8 Å². The van der Waals surface area contributed by atoms with Crippen molar-refractivity contribution in [2.75, 3.05) is 23.8 Å². The molecular formula is C26H24N4O6S. The highest BCUT2D eigenvalue weighted by molar-refractivity contribution is 7.92. The number of benzene rings is 3. The normalized spacial score (nSPS) is 11.0. The number of amides is 1. The highest BCUT2D eigenvalue weighted by Gasteiger charge is 2.15. The molecular weight excluding hydrogens is 496 g/mol. The summed E-state index contributed by atoms with van der Waals surface area (Å²) in [6.07, 6.45) is 0. The predicted octanol–water partition coefficient (Wildman–Crippen LogP) is 3.57. The fourth-order valence-electron chi connectivity index (χ4n) is 3.42. The average Bonchev–Trinajstić information content (AvgIpc) is 2.87. The van der Waals surface area contributed by atoms with E-state index in [1.165, 1.54) is 37.4 Å². The van der Waals surface area contributed by atoms with E-state index in [-0.39, 0.29) is 17.1 Å². The van der Waals surface area contributed by atoms with E-state index >= 15 is 0 Å². The number of aromatic amines is 1. The monoisotopic (exact) mass is 520 g/mol. The van der Waals surface area contributed by atoms with Crippen molar-refractivity contribution < 1.29 is 22.7 Å². The zero-order chi connectivity index (χ0) is 26.4. The number of aryl methyl sites for hydroxylation is 1. The van der Waals surface area contributed by atoms with Crippen LogP contribution in [0.1, 0.15) is 5.69 Å². The van der Waals surface area contributed by atoms with Crippen molar-refractivity contribution in [1.82, 2.24) is 9.97 Å². The molecule has 0 aliphatic heterocycles. The second-order valence-corrected chi connectivity index (χ2v) is 9.64. The van der Waals surface area contributed by atoms with Crippen LogP contribution in [0.5, 0.6) is 11.5 Å². The number of anilines is 2. The second kappa shape index (κ2) is 11.0. The van der Waals surface area contributed by atoms with Crippen molar-refractivity contribution in [2.24, 2.45) is 0 Å². The molecule has 190 valence electrons. The van der Waals surface area contributed by atoms with Crippen molar-refractivity contribution in [1.29, 1.82) is 0 Å². The Bertz CT molecular complexity index is 1580. The second-order valence-electron chi connectivity index (χ2n) is 7.96. The van der Waals surface area contributed by atoms with Gasteiger partial charge in [-0.2, -0.15) is 0 Å². The van der Waals surface area contributed by atoms with E-state index in [1.54, 1.807) is 55.5 Å². The largest absolute Gasteiger partial charge is 0.497 e. The first kappa shape index (κ1) is 25.5. The fraction of sp³-hybridized carbons (Fsp3) is 0.115. The smallest absolute Gasteiger partial charge is 0.262 e. The van der Waals surface area contributed by atoms with Gasteiger partial charge in [0.2, 0.25) is 0 Å². The third-order valence-electron chi connectivity index (χ3n) is 5.12. The Labute approximate surface area is 213 Å². The lowest BCUT2D eigenvalue weighted by Crippen LogP contribution is -2.20. The van der Waals surface area contributed by atoms with Crippen LogP contribution in [0.3, 0.4) is 0 Å². The lowest BCUT2D eigenvalue weighted by Gasteiger charge is -2.11. The molecule has 1 amide bonds. The van der Waals surface area contributed by atoms with E-state index in [9.17, 15) is 18.0 Å². The zero-order valence-electron chi connectivity index (χ0n) is 20.0. The summed E-state index contributed by atoms with van der Waals surface area (Å²) in [7, 11) is -2.33. The van der Waals surface area contributed by atoms with Crippen LogP contribution in [0.2, 0.25) is 0 Å². The van der Waals surface area contributed by atoms with E-state index in [0.717, 1.165) is 0 Å². The van der Waals surface area contributed by atoms with Crippen molar-refractivity contribution in [2.45, 2.75) is 11.8 Å². The van der Waals surface area contributed by atoms with Gasteiger partial charge in [-0.25, -0.2) is 13.4 Å². The number of hydrogen-bond donors (Lipinski definition) is 3. The first-order chi connectivity index (χ1) is 17.7. The summed E-state index contributed by atoms with van der Waals surface area (Å²) in [5.74, 6) is 0.828. The van der Waals surface area contributed by atoms with E-state index < -0.39 is 15.9 Å². The SMILES string of the molecule is COc1cccc(NS(=O)(=O)c2ccc(OCC(=O)Nc3cccc(-c4nc(C)cc(=O)[nH]4)c3)cc2)c1. The van der Waals surface area contributed by atoms with Crippen LogP contribution in [0, 0.1) is 6.92 Å². The third-order valence-corrected chi connectivity index (χ3v) is 6.51. The molecule has 11 heteroatoms. The molecule has 4 rings (SSSR count). The Kier molecular flexibility index (Phi) is 7.54. The Morgan fingerprint density at radius 1 is 0.946 bits per heavy atom. The van der Waals surface area contributed by atoms with Crippen LogP contribution >= 0.6 is 0 Å². The van der Waals surface area contributed by atoms with Crippen LogP contribution in [0.4, 0.5) is 11.4 Å². The summed E-state index contributed by atoms with van der Waals surface area (Å²) in [5, 5.41) is 2.72. The number of aromatic nitrogens is 2. The summed E-state index contributed by atoms with van der Waals surface area (Å²) in [6, 6.07) is 20.5. The highest BCUT2D eigenvalue weighted by atomic mass is 32.2. The number of hydrogen-bond acceptors (Lipinski definition) is 7. The first-order valence-electron chi connectivity index (χ1n) is 11.1. The number of nitrogens with zero attached hydrogens (tertiary/aromatic N) is 1. The molecule has 0 fully saturated rings. The van der Waals surface area contributed by atoms with Crippen LogP contribution < -0.4 is 25.1 Å². The van der Waals surface area contributed by atoms with Crippen LogP contribution in [-0.2, 0) is 14.8 Å². The van der Waals surface area contributed by atoms with Gasteiger partial charge in [0.05, 0.1) is 17.7 Å². The minimum atomic E-state index is -3.83. The van der Waals surface area contributed by atoms with Crippen LogP contribution in [0.15, 0.2) is 88.6 Å². The molecule has 10 nitrogen and oxygen atoms in total. The lowest BCUT2D eigenvalue weighted by atomic mass is 10.2. The standard InChI is InChI=1S/C26H24N4O6S/c1-17-13-24(31)29-26(27-17)18-5-3-6-19(14-18)28-25(32)16-36-21-9-11-23(12-10-21)37(33,34)30-20-7-4-8-22(15-20)35-2/h3-15,30H,16H2,1-2H3,(H,28,32)(H,27,29,31). The Morgan fingerprint density at radius 3 is 2.41 bits per heavy atom. The number of rotatable bonds is 9. The summed E-state index contributed by atoms with van der Waals surface area (Å²) in [4.78, 5) is 31.1. The molecule has 0 bridgehead atoms. The maximum atomic E-state index is 12.7. The van der Waals surface area contributed by atoms with Crippen LogP contribution in [0.25, 0.3) is 11.4 Å². The Hall–Kier alpha value is -4.64. The molecule has 0 spiro atoms. The number of H-pyrrole nitrogens is 1. The zero-order valence-corrected chi connectivity index (χ0v) is 20.8. The molecule has 4 aromatic rings. The molecule has 3 N–H and O–H groups in total. The van der Waals surface area contributed by atoms with Gasteiger partial charge in [0.1, 0.15) is 17.3 Å². The maximum absolute atomic E-state index is 12.7. The molecule has 1 aromatic heterocycles. The molecule has 0 unspecified atom stereocenters. The number of ether oxygens (including phenoxy) is 2. The van der Waals surface area contributed by atoms with Gasteiger partial charge in [-0.3, -0.25) is 14.3 Å². The van der Waals surface area contributed by atoms with Gasteiger partial charge in [-0.15, -0.1) is 0 Å². The van der Waals surface area contributed by atoms with Gasteiger partial charge in [0.15, 0.2) is 6.61 Å². The van der Waals surface area contributed by atoms with Crippen molar-refractivity contribution in [3.05, 3.63) is 94.9 Å². The number of carbonyl (C=O) groups is 1. The molecule has 0 saturated heterocycles. The van der Waals surface area contributed by atoms with Crippen LogP contribution in [-0.4, -0.2) is 38.0 Å². The van der Waals surface area contributed by atoms with Crippen molar-refractivity contribution in [3.8, 4) is 22.9 Å². The van der Waals surface area contributed by atoms with E-state index in [1.807, 2.05) is 0 Å². The minimum Gasteiger partial charge on any atom is -0.497 e. The number of nitrogens with one attached hydrogen (secondary N) is 3. The molecule has 3 aromatic carbocycles. The highest BCUT2D eigenvalue weighted by Crippen LogP contribution is 2.23. The average molecular weight is 521 g/mol. The predicted molar refractivity (Wildman–Crippen MR) is 139 cm³/mol. The Morgan fingerprint density at radius 2 is 1.68 bits per heavy atom. The molecule has 0 aliphatic rings. The quantitative estimate of drug-likeness (QED) is 0.307. The van der Waals surface area contributed by atoms with E-state index in [2.05, 4.69) is 20.0 Å². The summed E-state index contributed by atoms with van der Waals surface area (Å²) in [6.45, 7) is 1.43. The van der Waals surface area contributed by atoms with Crippen molar-refractivity contribution >= 4 is 27.3 Å². The van der Waals surface area contributed by atoms with E-state index in [4.69, 9.17) is 9.47 Å². The molecule has 37 heavy (non-hydrogen) atoms. The topological polar surface area (TPSA) is 139 Å². The molecule has 0 radical (unpaired) electrons. The number of methoxy groups -OCH3 is 1. The Balaban J connectivity index is 1.35. The van der Waals surface area contributed by atoms with Gasteiger partial charge in [-0.05, 0) is 55.5 Å². The molecule has 0 aliphatic carbocycles. The van der Waals surface area contributed by atoms with E-state index in [0.29, 0.717) is 40.0 Å². The summed E-state index contributed by atoms with van der Waals surface area (Å²) < 4.78 is 38.4. The molecule has 0 atom stereocenters. The first-order valence-corrected chi connectivity index (χ1v) is 12.6. The lowest BCUT2D eigenvalue weighted by molar-refractivity contribution is -0.118. The molecule has 1 heterocycles. The van der Waals surface area contributed by atoms with Gasteiger partial charge in [-0.1, -0.05) is 18.2 Å². The number of sulfonamides is 1. The summed E-state index contributed by atoms with van der Waals surface area (Å²) in [5.41, 5.74) is 1.82. The van der Waals surface area contributed by atoms with Crippen molar-refractivity contribution in [3.63, 3.8) is 0 Å². The summed E-state index contributed by atoms with van der Waals surface area (Å²) >= 11 is 0. The van der Waals surface area contributed by atoms with Gasteiger partial charge in [0, 0.05) is 29.1 Å². The van der Waals surface area contributed by atoms with Gasteiger partial charge >= 0.3 is 0 Å².